The molecule has 2 rings (SSSR count). The fourth-order valence-electron chi connectivity index (χ4n) is 2.05. The lowest BCUT2D eigenvalue weighted by Crippen LogP contribution is -2.27. The quantitative estimate of drug-likeness (QED) is 0.734. The van der Waals surface area contributed by atoms with Crippen molar-refractivity contribution >= 4 is 33.2 Å². The molecule has 0 heterocycles. The number of anilines is 1. The van der Waals surface area contributed by atoms with E-state index in [9.17, 15) is 13.2 Å². The third kappa shape index (κ3) is 6.04. The Labute approximate surface area is 152 Å². The highest BCUT2D eigenvalue weighted by Gasteiger charge is 2.14. The zero-order valence-electron chi connectivity index (χ0n) is 13.7. The first kappa shape index (κ1) is 19.2. The highest BCUT2D eigenvalue weighted by atomic mass is 35.5. The monoisotopic (exact) mass is 382 g/mol. The summed E-state index contributed by atoms with van der Waals surface area (Å²) in [5, 5.41) is 3.16. The number of nitrogens with one attached hydrogen (secondary N) is 2. The topological polar surface area (TPSA) is 84.5 Å². The predicted octanol–water partition coefficient (Wildman–Crippen LogP) is 3.05. The minimum absolute atomic E-state index is 0.00275. The van der Waals surface area contributed by atoms with Gasteiger partial charge in [0.15, 0.2) is 0 Å². The van der Waals surface area contributed by atoms with Gasteiger partial charge in [-0.15, -0.1) is 0 Å². The maximum Gasteiger partial charge on any atom is 0.240 e. The molecule has 0 radical (unpaired) electrons. The van der Waals surface area contributed by atoms with Gasteiger partial charge in [-0.1, -0.05) is 17.7 Å². The van der Waals surface area contributed by atoms with Crippen molar-refractivity contribution in [1.82, 2.24) is 4.72 Å². The fraction of sp³-hybridized carbons (Fsp3) is 0.235. The normalized spacial score (nSPS) is 11.1. The van der Waals surface area contributed by atoms with Crippen molar-refractivity contribution < 1.29 is 17.9 Å². The molecule has 0 atom stereocenters. The first-order valence-electron chi connectivity index (χ1n) is 7.68. The lowest BCUT2D eigenvalue weighted by Gasteiger charge is -2.09. The number of halogens is 1. The summed E-state index contributed by atoms with van der Waals surface area (Å²) < 4.78 is 32.0. The summed E-state index contributed by atoms with van der Waals surface area (Å²) in [5.74, 6) is 0.291. The van der Waals surface area contributed by atoms with Gasteiger partial charge in [0.05, 0.1) is 11.5 Å². The average molecular weight is 383 g/mol. The van der Waals surface area contributed by atoms with Crippen molar-refractivity contribution in [3.05, 3.63) is 53.6 Å². The molecule has 0 unspecified atom stereocenters. The van der Waals surface area contributed by atoms with Gasteiger partial charge in [0.1, 0.15) is 5.75 Å². The van der Waals surface area contributed by atoms with Crippen LogP contribution in [-0.2, 0) is 14.8 Å². The molecular weight excluding hydrogens is 364 g/mol. The number of carbonyl (C=O) groups excluding carboxylic acids is 1. The van der Waals surface area contributed by atoms with Gasteiger partial charge in [-0.2, -0.15) is 0 Å². The first-order chi connectivity index (χ1) is 11.9. The molecule has 0 aromatic heterocycles. The molecule has 8 heteroatoms. The Hall–Kier alpha value is -2.09. The van der Waals surface area contributed by atoms with Crippen molar-refractivity contribution in [3.8, 4) is 5.75 Å². The molecule has 1 amide bonds. The maximum atomic E-state index is 12.2. The van der Waals surface area contributed by atoms with Crippen molar-refractivity contribution in [2.45, 2.75) is 18.2 Å². The highest BCUT2D eigenvalue weighted by Crippen LogP contribution is 2.16. The molecule has 0 aliphatic carbocycles. The van der Waals surface area contributed by atoms with Gasteiger partial charge >= 0.3 is 0 Å². The van der Waals surface area contributed by atoms with E-state index in [0.29, 0.717) is 23.1 Å². The van der Waals surface area contributed by atoms with Gasteiger partial charge in [-0.25, -0.2) is 13.1 Å². The van der Waals surface area contributed by atoms with Crippen LogP contribution in [0.3, 0.4) is 0 Å². The van der Waals surface area contributed by atoms with Crippen molar-refractivity contribution in [2.75, 3.05) is 18.5 Å². The Morgan fingerprint density at radius 2 is 1.88 bits per heavy atom. The Morgan fingerprint density at radius 3 is 2.52 bits per heavy atom. The molecule has 0 saturated carbocycles. The van der Waals surface area contributed by atoms with Crippen LogP contribution in [0.4, 0.5) is 5.69 Å². The summed E-state index contributed by atoms with van der Waals surface area (Å²) in [4.78, 5) is 12.0. The Balaban J connectivity index is 1.86. The smallest absolute Gasteiger partial charge is 0.240 e. The summed E-state index contributed by atoms with van der Waals surface area (Å²) in [6.45, 7) is 2.34. The fourth-order valence-corrected chi connectivity index (χ4v) is 3.28. The second-order valence-electron chi connectivity index (χ2n) is 5.11. The summed E-state index contributed by atoms with van der Waals surface area (Å²) >= 11 is 5.84. The number of hydrogen-bond acceptors (Lipinski definition) is 4. The molecular formula is C17H19ClN2O4S. The number of rotatable bonds is 8. The Morgan fingerprint density at radius 1 is 1.16 bits per heavy atom. The molecule has 0 spiro atoms. The molecule has 6 nitrogen and oxygen atoms in total. The largest absolute Gasteiger partial charge is 0.494 e. The van der Waals surface area contributed by atoms with Crippen LogP contribution < -0.4 is 14.8 Å². The van der Waals surface area contributed by atoms with E-state index in [0.717, 1.165) is 0 Å². The van der Waals surface area contributed by atoms with E-state index >= 15 is 0 Å². The van der Waals surface area contributed by atoms with Gasteiger partial charge in [-0.05, 0) is 49.4 Å². The molecule has 25 heavy (non-hydrogen) atoms. The second kappa shape index (κ2) is 8.84. The molecule has 2 N–H and O–H groups in total. The third-order valence-corrected chi connectivity index (χ3v) is 4.91. The van der Waals surface area contributed by atoms with Crippen LogP contribution in [0.5, 0.6) is 5.75 Å². The van der Waals surface area contributed by atoms with Crippen LogP contribution >= 0.6 is 11.6 Å². The minimum atomic E-state index is -3.67. The number of benzene rings is 2. The number of amides is 1. The molecule has 2 aromatic rings. The summed E-state index contributed by atoms with van der Waals surface area (Å²) in [5.41, 5.74) is 0.562. The van der Waals surface area contributed by atoms with Crippen molar-refractivity contribution in [3.63, 3.8) is 0 Å². The van der Waals surface area contributed by atoms with Crippen LogP contribution in [0.2, 0.25) is 5.02 Å². The van der Waals surface area contributed by atoms with E-state index in [1.54, 1.807) is 36.4 Å². The third-order valence-electron chi connectivity index (χ3n) is 3.20. The molecule has 0 bridgehead atoms. The van der Waals surface area contributed by atoms with Crippen molar-refractivity contribution in [1.29, 1.82) is 0 Å². The van der Waals surface area contributed by atoms with Crippen LogP contribution in [0.1, 0.15) is 13.3 Å². The maximum absolute atomic E-state index is 12.2. The van der Waals surface area contributed by atoms with Gasteiger partial charge in [0.25, 0.3) is 0 Å². The number of ether oxygens (including phenoxy) is 1. The number of carbonyl (C=O) groups is 1. The first-order valence-corrected chi connectivity index (χ1v) is 9.55. The molecule has 0 fully saturated rings. The van der Waals surface area contributed by atoms with Gasteiger partial charge in [-0.3, -0.25) is 4.79 Å². The minimum Gasteiger partial charge on any atom is -0.494 e. The summed E-state index contributed by atoms with van der Waals surface area (Å²) in [7, 11) is -3.67. The molecule has 134 valence electrons. The molecule has 0 aliphatic heterocycles. The molecule has 0 saturated heterocycles. The van der Waals surface area contributed by atoms with E-state index < -0.39 is 10.0 Å². The average Bonchev–Trinajstić information content (AvgIpc) is 2.55. The van der Waals surface area contributed by atoms with Crippen molar-refractivity contribution in [2.24, 2.45) is 0 Å². The van der Waals surface area contributed by atoms with E-state index in [1.165, 1.54) is 12.1 Å². The van der Waals surface area contributed by atoms with E-state index in [4.69, 9.17) is 16.3 Å². The van der Waals surface area contributed by atoms with Crippen LogP contribution in [0.25, 0.3) is 0 Å². The van der Waals surface area contributed by atoms with E-state index in [1.807, 2.05) is 6.92 Å². The second-order valence-corrected chi connectivity index (χ2v) is 7.31. The Kier molecular flexibility index (Phi) is 6.81. The number of sulfonamides is 1. The molecule has 0 aliphatic rings. The van der Waals surface area contributed by atoms with Crippen LogP contribution in [0, 0.1) is 0 Å². The number of hydrogen-bond donors (Lipinski definition) is 2. The van der Waals surface area contributed by atoms with Gasteiger partial charge in [0, 0.05) is 23.7 Å². The van der Waals surface area contributed by atoms with E-state index in [-0.39, 0.29) is 23.8 Å². The predicted molar refractivity (Wildman–Crippen MR) is 97.5 cm³/mol. The Bertz CT molecular complexity index is 823. The zero-order chi connectivity index (χ0) is 18.3. The van der Waals surface area contributed by atoms with Gasteiger partial charge in [0.2, 0.25) is 15.9 Å². The summed E-state index contributed by atoms with van der Waals surface area (Å²) in [6, 6.07) is 12.8. The zero-order valence-corrected chi connectivity index (χ0v) is 15.2. The SMILES string of the molecule is CCOc1ccc(S(=O)(=O)NCCC(=O)Nc2cccc(Cl)c2)cc1. The highest BCUT2D eigenvalue weighted by molar-refractivity contribution is 7.89. The molecule has 2 aromatic carbocycles. The lowest BCUT2D eigenvalue weighted by molar-refractivity contribution is -0.116. The lowest BCUT2D eigenvalue weighted by atomic mass is 10.3. The van der Waals surface area contributed by atoms with Crippen LogP contribution in [0.15, 0.2) is 53.4 Å². The van der Waals surface area contributed by atoms with Crippen LogP contribution in [-0.4, -0.2) is 27.5 Å². The standard InChI is InChI=1S/C17H19ClN2O4S/c1-2-24-15-6-8-16(9-7-15)25(22,23)19-11-10-17(21)20-14-5-3-4-13(18)12-14/h3-9,12,19H,2,10-11H2,1H3,(H,20,21). The van der Waals surface area contributed by atoms with Gasteiger partial charge < -0.3 is 10.1 Å². The summed E-state index contributed by atoms with van der Waals surface area (Å²) in [6.07, 6.45) is 0.00275. The van der Waals surface area contributed by atoms with E-state index in [2.05, 4.69) is 10.0 Å².